The summed E-state index contributed by atoms with van der Waals surface area (Å²) in [4.78, 5) is 16.9. The first kappa shape index (κ1) is 16.9. The van der Waals surface area contributed by atoms with Crippen molar-refractivity contribution in [3.05, 3.63) is 71.8 Å². The van der Waals surface area contributed by atoms with Crippen LogP contribution in [0.1, 0.15) is 28.7 Å². The number of hydrogen-bond donors (Lipinski definition) is 1. The molecule has 0 fully saturated rings. The molecule has 0 bridgehead atoms. The van der Waals surface area contributed by atoms with E-state index < -0.39 is 0 Å². The number of amides is 1. The Morgan fingerprint density at radius 3 is 2.56 bits per heavy atom. The van der Waals surface area contributed by atoms with Gasteiger partial charge in [-0.05, 0) is 50.6 Å². The number of nitrogens with zero attached hydrogens (tertiary/aromatic N) is 3. The average molecular weight is 334 g/mol. The average Bonchev–Trinajstić information content (AvgIpc) is 3.08. The van der Waals surface area contributed by atoms with E-state index in [0.717, 1.165) is 22.5 Å². The van der Waals surface area contributed by atoms with Gasteiger partial charge in [0.15, 0.2) is 0 Å². The minimum atomic E-state index is -0.0787. The second-order valence-electron chi connectivity index (χ2n) is 6.27. The summed E-state index contributed by atoms with van der Waals surface area (Å²) in [5.74, 6) is -0.0787. The van der Waals surface area contributed by atoms with E-state index in [4.69, 9.17) is 0 Å². The van der Waals surface area contributed by atoms with Crippen molar-refractivity contribution >= 4 is 5.91 Å². The maximum atomic E-state index is 12.4. The molecule has 3 rings (SSSR count). The molecule has 0 saturated heterocycles. The molecule has 0 aliphatic rings. The second kappa shape index (κ2) is 7.30. The molecule has 0 unspecified atom stereocenters. The van der Waals surface area contributed by atoms with E-state index in [1.54, 1.807) is 10.9 Å². The lowest BCUT2D eigenvalue weighted by atomic mass is 10.0. The third-order valence-electron chi connectivity index (χ3n) is 4.08. The molecule has 0 spiro atoms. The predicted octanol–water partition coefficient (Wildman–Crippen LogP) is 3.38. The number of rotatable bonds is 5. The molecule has 2 heterocycles. The quantitative estimate of drug-likeness (QED) is 0.778. The Labute approximate surface area is 147 Å². The SMILES string of the molecule is Cc1ccc(-c2ccc(C(=O)N[C@@H](C)Cn3cccn3)cc2)c(C)n1. The fourth-order valence-corrected chi connectivity index (χ4v) is 2.83. The van der Waals surface area contributed by atoms with Crippen molar-refractivity contribution in [3.8, 4) is 11.1 Å². The third kappa shape index (κ3) is 4.12. The Bertz CT molecular complexity index is 854. The first-order valence-corrected chi connectivity index (χ1v) is 8.36. The van der Waals surface area contributed by atoms with Gasteiger partial charge in [0.25, 0.3) is 5.91 Å². The fourth-order valence-electron chi connectivity index (χ4n) is 2.83. The lowest BCUT2D eigenvalue weighted by Gasteiger charge is -2.14. The van der Waals surface area contributed by atoms with Crippen molar-refractivity contribution in [2.24, 2.45) is 0 Å². The van der Waals surface area contributed by atoms with Gasteiger partial charge in [0.1, 0.15) is 0 Å². The van der Waals surface area contributed by atoms with Crippen molar-refractivity contribution in [1.82, 2.24) is 20.1 Å². The summed E-state index contributed by atoms with van der Waals surface area (Å²) in [6, 6.07) is 13.6. The normalized spacial score (nSPS) is 12.0. The van der Waals surface area contributed by atoms with Gasteiger partial charge in [-0.15, -0.1) is 0 Å². The van der Waals surface area contributed by atoms with Crippen LogP contribution in [0.4, 0.5) is 0 Å². The number of aromatic nitrogens is 3. The van der Waals surface area contributed by atoms with Crippen molar-refractivity contribution in [2.45, 2.75) is 33.4 Å². The predicted molar refractivity (Wildman–Crippen MR) is 98.3 cm³/mol. The third-order valence-corrected chi connectivity index (χ3v) is 4.08. The second-order valence-corrected chi connectivity index (χ2v) is 6.27. The zero-order valence-electron chi connectivity index (χ0n) is 14.7. The summed E-state index contributed by atoms with van der Waals surface area (Å²) in [7, 11) is 0. The van der Waals surface area contributed by atoms with Gasteiger partial charge in [-0.1, -0.05) is 18.2 Å². The fraction of sp³-hybridized carbons (Fsp3) is 0.250. The molecule has 128 valence electrons. The molecule has 0 aliphatic carbocycles. The van der Waals surface area contributed by atoms with E-state index in [1.165, 1.54) is 0 Å². The molecule has 0 saturated carbocycles. The number of hydrogen-bond acceptors (Lipinski definition) is 3. The highest BCUT2D eigenvalue weighted by Gasteiger charge is 2.11. The summed E-state index contributed by atoms with van der Waals surface area (Å²) in [6.07, 6.45) is 3.62. The molecule has 0 aliphatic heterocycles. The van der Waals surface area contributed by atoms with Gasteiger partial charge in [0.2, 0.25) is 0 Å². The number of carbonyl (C=O) groups excluding carboxylic acids is 1. The van der Waals surface area contributed by atoms with Crippen LogP contribution < -0.4 is 5.32 Å². The van der Waals surface area contributed by atoms with Gasteiger partial charge in [0, 0.05) is 41.0 Å². The van der Waals surface area contributed by atoms with Crippen LogP contribution in [0.25, 0.3) is 11.1 Å². The van der Waals surface area contributed by atoms with E-state index in [2.05, 4.69) is 21.5 Å². The summed E-state index contributed by atoms with van der Waals surface area (Å²) in [5, 5.41) is 7.16. The van der Waals surface area contributed by atoms with Crippen LogP contribution in [-0.4, -0.2) is 26.7 Å². The highest BCUT2D eigenvalue weighted by Crippen LogP contribution is 2.22. The molecule has 1 amide bonds. The highest BCUT2D eigenvalue weighted by atomic mass is 16.1. The number of aryl methyl sites for hydroxylation is 2. The number of nitrogens with one attached hydrogen (secondary N) is 1. The van der Waals surface area contributed by atoms with Crippen LogP contribution in [0.2, 0.25) is 0 Å². The van der Waals surface area contributed by atoms with Gasteiger partial charge in [-0.3, -0.25) is 14.5 Å². The largest absolute Gasteiger partial charge is 0.348 e. The molecule has 1 atom stereocenters. The molecule has 2 aromatic heterocycles. The van der Waals surface area contributed by atoms with Gasteiger partial charge in [-0.2, -0.15) is 5.10 Å². The molecule has 5 nitrogen and oxygen atoms in total. The van der Waals surface area contributed by atoms with Crippen molar-refractivity contribution < 1.29 is 4.79 Å². The summed E-state index contributed by atoms with van der Waals surface area (Å²) >= 11 is 0. The Balaban J connectivity index is 1.68. The van der Waals surface area contributed by atoms with Crippen LogP contribution in [0.3, 0.4) is 0 Å². The molecule has 3 aromatic rings. The van der Waals surface area contributed by atoms with E-state index in [1.807, 2.05) is 63.4 Å². The topological polar surface area (TPSA) is 59.8 Å². The minimum Gasteiger partial charge on any atom is -0.348 e. The molecule has 1 aromatic carbocycles. The summed E-state index contributed by atoms with van der Waals surface area (Å²) in [6.45, 7) is 6.59. The lowest BCUT2D eigenvalue weighted by molar-refractivity contribution is 0.0936. The molecular weight excluding hydrogens is 312 g/mol. The Morgan fingerprint density at radius 2 is 1.92 bits per heavy atom. The zero-order valence-corrected chi connectivity index (χ0v) is 14.7. The smallest absolute Gasteiger partial charge is 0.251 e. The first-order chi connectivity index (χ1) is 12.0. The van der Waals surface area contributed by atoms with Crippen LogP contribution in [0.5, 0.6) is 0 Å². The number of carbonyl (C=O) groups is 1. The Morgan fingerprint density at radius 1 is 1.16 bits per heavy atom. The molecule has 25 heavy (non-hydrogen) atoms. The van der Waals surface area contributed by atoms with Crippen molar-refractivity contribution in [1.29, 1.82) is 0 Å². The molecule has 0 radical (unpaired) electrons. The maximum absolute atomic E-state index is 12.4. The van der Waals surface area contributed by atoms with Crippen LogP contribution in [0.15, 0.2) is 54.9 Å². The van der Waals surface area contributed by atoms with Crippen LogP contribution >= 0.6 is 0 Å². The Hall–Kier alpha value is -2.95. The summed E-state index contributed by atoms with van der Waals surface area (Å²) < 4.78 is 1.81. The molecule has 1 N–H and O–H groups in total. The zero-order chi connectivity index (χ0) is 17.8. The van der Waals surface area contributed by atoms with Gasteiger partial charge in [-0.25, -0.2) is 0 Å². The van der Waals surface area contributed by atoms with E-state index in [-0.39, 0.29) is 11.9 Å². The van der Waals surface area contributed by atoms with E-state index in [0.29, 0.717) is 12.1 Å². The van der Waals surface area contributed by atoms with Crippen LogP contribution in [0, 0.1) is 13.8 Å². The Kier molecular flexibility index (Phi) is 4.93. The van der Waals surface area contributed by atoms with Crippen molar-refractivity contribution in [3.63, 3.8) is 0 Å². The standard InChI is InChI=1S/C20H22N4O/c1-14-5-10-19(16(3)22-14)17-6-8-18(9-7-17)20(25)23-15(2)13-24-12-4-11-21-24/h4-12,15H,13H2,1-3H3,(H,23,25)/t15-/m0/s1. The molecule has 5 heteroatoms. The lowest BCUT2D eigenvalue weighted by Crippen LogP contribution is -2.35. The maximum Gasteiger partial charge on any atom is 0.251 e. The van der Waals surface area contributed by atoms with E-state index in [9.17, 15) is 4.79 Å². The highest BCUT2D eigenvalue weighted by molar-refractivity contribution is 5.94. The van der Waals surface area contributed by atoms with Gasteiger partial charge in [0.05, 0.1) is 6.54 Å². The monoisotopic (exact) mass is 334 g/mol. The van der Waals surface area contributed by atoms with Crippen molar-refractivity contribution in [2.75, 3.05) is 0 Å². The number of benzene rings is 1. The minimum absolute atomic E-state index is 0.00406. The van der Waals surface area contributed by atoms with E-state index >= 15 is 0 Å². The van der Waals surface area contributed by atoms with Gasteiger partial charge >= 0.3 is 0 Å². The van der Waals surface area contributed by atoms with Crippen LogP contribution in [-0.2, 0) is 6.54 Å². The van der Waals surface area contributed by atoms with Gasteiger partial charge < -0.3 is 5.32 Å². The molecular formula is C20H22N4O. The summed E-state index contributed by atoms with van der Waals surface area (Å²) in [5.41, 5.74) is 4.79. The first-order valence-electron chi connectivity index (χ1n) is 8.36. The number of pyridine rings is 1.